The van der Waals surface area contributed by atoms with E-state index in [0.717, 1.165) is 18.6 Å². The fourth-order valence-electron chi connectivity index (χ4n) is 3.72. The van der Waals surface area contributed by atoms with E-state index in [0.29, 0.717) is 26.2 Å². The monoisotopic (exact) mass is 402 g/mol. The molecule has 0 amide bonds. The molecule has 28 heavy (non-hydrogen) atoms. The summed E-state index contributed by atoms with van der Waals surface area (Å²) in [6, 6.07) is 9.05. The average Bonchev–Trinajstić information content (AvgIpc) is 3.03. The molecule has 0 spiro atoms. The van der Waals surface area contributed by atoms with Crippen molar-refractivity contribution < 1.29 is 12.8 Å². The van der Waals surface area contributed by atoms with Crippen LogP contribution in [0.1, 0.15) is 5.56 Å². The summed E-state index contributed by atoms with van der Waals surface area (Å²) in [5.74, 6) is -0.438. The van der Waals surface area contributed by atoms with Crippen molar-refractivity contribution in [2.75, 3.05) is 32.7 Å². The van der Waals surface area contributed by atoms with Gasteiger partial charge in [0.25, 0.3) is 0 Å². The van der Waals surface area contributed by atoms with Gasteiger partial charge in [-0.1, -0.05) is 0 Å². The lowest BCUT2D eigenvalue weighted by molar-refractivity contribution is 0.190. The van der Waals surface area contributed by atoms with Crippen LogP contribution in [0.5, 0.6) is 0 Å². The van der Waals surface area contributed by atoms with Gasteiger partial charge in [0.2, 0.25) is 10.0 Å². The first kappa shape index (κ1) is 19.0. The zero-order valence-electron chi connectivity index (χ0n) is 15.8. The van der Waals surface area contributed by atoms with Crippen LogP contribution in [0.2, 0.25) is 0 Å². The van der Waals surface area contributed by atoms with E-state index in [1.54, 1.807) is 6.20 Å². The molecule has 0 aliphatic carbocycles. The van der Waals surface area contributed by atoms with Crippen molar-refractivity contribution in [3.05, 3.63) is 60.2 Å². The second kappa shape index (κ2) is 7.62. The van der Waals surface area contributed by atoms with Crippen molar-refractivity contribution >= 4 is 21.1 Å². The molecule has 8 heteroatoms. The summed E-state index contributed by atoms with van der Waals surface area (Å²) in [4.78, 5) is 6.85. The number of halogens is 1. The lowest BCUT2D eigenvalue weighted by atomic mass is 10.1. The number of hydrogen-bond acceptors (Lipinski definition) is 4. The van der Waals surface area contributed by atoms with Crippen molar-refractivity contribution in [1.82, 2.24) is 18.8 Å². The van der Waals surface area contributed by atoms with Crippen LogP contribution < -0.4 is 0 Å². The Morgan fingerprint density at radius 2 is 1.79 bits per heavy atom. The number of aromatic nitrogens is 2. The molecule has 1 aliphatic rings. The Balaban J connectivity index is 1.37. The molecule has 6 nitrogen and oxygen atoms in total. The van der Waals surface area contributed by atoms with Crippen LogP contribution in [-0.4, -0.2) is 59.9 Å². The number of pyridine rings is 1. The Kier molecular flexibility index (Phi) is 5.18. The predicted octanol–water partition coefficient (Wildman–Crippen LogP) is 2.26. The maximum absolute atomic E-state index is 13.1. The molecular formula is C20H23FN4O2S. The van der Waals surface area contributed by atoms with E-state index in [1.165, 1.54) is 39.5 Å². The number of hydrogen-bond donors (Lipinski definition) is 0. The van der Waals surface area contributed by atoms with Gasteiger partial charge in [-0.05, 0) is 48.4 Å². The molecule has 1 fully saturated rings. The Morgan fingerprint density at radius 1 is 1.07 bits per heavy atom. The van der Waals surface area contributed by atoms with Crippen LogP contribution in [0.15, 0.2) is 53.7 Å². The number of aryl methyl sites for hydroxylation is 1. The van der Waals surface area contributed by atoms with Crippen LogP contribution in [0.25, 0.3) is 11.0 Å². The Bertz CT molecular complexity index is 1070. The van der Waals surface area contributed by atoms with E-state index >= 15 is 0 Å². The highest BCUT2D eigenvalue weighted by Gasteiger charge is 2.28. The summed E-state index contributed by atoms with van der Waals surface area (Å²) in [6.07, 6.45) is 4.81. The number of piperazine rings is 1. The van der Waals surface area contributed by atoms with Gasteiger partial charge in [-0.2, -0.15) is 4.31 Å². The number of benzene rings is 1. The number of sulfonamides is 1. The summed E-state index contributed by atoms with van der Waals surface area (Å²) in [7, 11) is -1.57. The molecule has 3 aromatic rings. The molecule has 0 radical (unpaired) electrons. The van der Waals surface area contributed by atoms with E-state index in [2.05, 4.69) is 22.1 Å². The standard InChI is InChI=1S/C20H23FN4O2S/c1-23-15-16(19-3-2-9-22-20(19)23)8-10-24-11-13-25(14-12-24)28(26,27)18-6-4-17(21)5-7-18/h2-7,9,15H,8,10-14H2,1H3. The molecule has 1 saturated heterocycles. The largest absolute Gasteiger partial charge is 0.335 e. The zero-order chi connectivity index (χ0) is 19.7. The summed E-state index contributed by atoms with van der Waals surface area (Å²) < 4.78 is 42.0. The second-order valence-corrected chi connectivity index (χ2v) is 9.03. The van der Waals surface area contributed by atoms with Crippen molar-refractivity contribution in [3.63, 3.8) is 0 Å². The molecule has 0 atom stereocenters. The lowest BCUT2D eigenvalue weighted by Crippen LogP contribution is -2.48. The first-order chi connectivity index (χ1) is 13.4. The third-order valence-electron chi connectivity index (χ3n) is 5.30. The van der Waals surface area contributed by atoms with E-state index in [1.807, 2.05) is 17.7 Å². The third-order valence-corrected chi connectivity index (χ3v) is 7.21. The van der Waals surface area contributed by atoms with Crippen molar-refractivity contribution in [2.45, 2.75) is 11.3 Å². The van der Waals surface area contributed by atoms with E-state index in [4.69, 9.17) is 0 Å². The van der Waals surface area contributed by atoms with Gasteiger partial charge >= 0.3 is 0 Å². The highest BCUT2D eigenvalue weighted by Crippen LogP contribution is 2.21. The highest BCUT2D eigenvalue weighted by atomic mass is 32.2. The minimum absolute atomic E-state index is 0.144. The van der Waals surface area contributed by atoms with Gasteiger partial charge in [-0.15, -0.1) is 0 Å². The number of rotatable bonds is 5. The minimum atomic E-state index is -3.57. The SMILES string of the molecule is Cn1cc(CCN2CCN(S(=O)(=O)c3ccc(F)cc3)CC2)c2cccnc21. The van der Waals surface area contributed by atoms with Crippen molar-refractivity contribution in [1.29, 1.82) is 0 Å². The van der Waals surface area contributed by atoms with Gasteiger partial charge in [0.15, 0.2) is 0 Å². The van der Waals surface area contributed by atoms with Crippen molar-refractivity contribution in [3.8, 4) is 0 Å². The van der Waals surface area contributed by atoms with Crippen LogP contribution in [0.4, 0.5) is 4.39 Å². The van der Waals surface area contributed by atoms with Gasteiger partial charge in [0, 0.05) is 57.6 Å². The second-order valence-electron chi connectivity index (χ2n) is 7.09. The Hall–Kier alpha value is -2.29. The first-order valence-corrected chi connectivity index (χ1v) is 10.8. The molecule has 0 unspecified atom stereocenters. The molecule has 1 aromatic carbocycles. The molecule has 148 valence electrons. The molecule has 0 bridgehead atoms. The molecule has 3 heterocycles. The highest BCUT2D eigenvalue weighted by molar-refractivity contribution is 7.89. The van der Waals surface area contributed by atoms with E-state index < -0.39 is 15.8 Å². The summed E-state index contributed by atoms with van der Waals surface area (Å²) >= 11 is 0. The maximum Gasteiger partial charge on any atom is 0.243 e. The lowest BCUT2D eigenvalue weighted by Gasteiger charge is -2.33. The molecule has 1 aliphatic heterocycles. The Labute approximate surface area is 164 Å². The first-order valence-electron chi connectivity index (χ1n) is 9.32. The van der Waals surface area contributed by atoms with Crippen LogP contribution in [0, 0.1) is 5.82 Å². The Morgan fingerprint density at radius 3 is 2.50 bits per heavy atom. The topological polar surface area (TPSA) is 58.4 Å². The summed E-state index contributed by atoms with van der Waals surface area (Å²) in [5.41, 5.74) is 2.24. The quantitative estimate of drug-likeness (QED) is 0.657. The van der Waals surface area contributed by atoms with Gasteiger partial charge < -0.3 is 9.47 Å². The van der Waals surface area contributed by atoms with E-state index in [9.17, 15) is 12.8 Å². The van der Waals surface area contributed by atoms with Gasteiger partial charge in [0.05, 0.1) is 4.90 Å². The minimum Gasteiger partial charge on any atom is -0.335 e. The smallest absolute Gasteiger partial charge is 0.243 e. The fourth-order valence-corrected chi connectivity index (χ4v) is 5.14. The fraction of sp³-hybridized carbons (Fsp3) is 0.350. The van der Waals surface area contributed by atoms with Crippen LogP contribution >= 0.6 is 0 Å². The van der Waals surface area contributed by atoms with Gasteiger partial charge in [-0.3, -0.25) is 0 Å². The molecular weight excluding hydrogens is 379 g/mol. The predicted molar refractivity (Wildman–Crippen MR) is 106 cm³/mol. The zero-order valence-corrected chi connectivity index (χ0v) is 16.6. The van der Waals surface area contributed by atoms with Gasteiger partial charge in [-0.25, -0.2) is 17.8 Å². The van der Waals surface area contributed by atoms with Crippen LogP contribution in [0.3, 0.4) is 0 Å². The number of nitrogens with zero attached hydrogens (tertiary/aromatic N) is 4. The average molecular weight is 402 g/mol. The molecule has 4 rings (SSSR count). The maximum atomic E-state index is 13.1. The molecule has 0 saturated carbocycles. The molecule has 0 N–H and O–H groups in total. The van der Waals surface area contributed by atoms with Crippen molar-refractivity contribution in [2.24, 2.45) is 7.05 Å². The molecule has 2 aromatic heterocycles. The third kappa shape index (κ3) is 3.67. The van der Waals surface area contributed by atoms with Gasteiger partial charge in [0.1, 0.15) is 11.5 Å². The summed E-state index contributed by atoms with van der Waals surface area (Å²) in [5, 5.41) is 1.17. The normalized spacial score (nSPS) is 16.6. The van der Waals surface area contributed by atoms with Crippen LogP contribution in [-0.2, 0) is 23.5 Å². The summed E-state index contributed by atoms with van der Waals surface area (Å²) in [6.45, 7) is 3.12. The van der Waals surface area contributed by atoms with E-state index in [-0.39, 0.29) is 4.90 Å². The number of fused-ring (bicyclic) bond motifs is 1.